The Morgan fingerprint density at radius 2 is 1.95 bits per heavy atom. The molecule has 1 amide bonds. The second-order valence-corrected chi connectivity index (χ2v) is 5.45. The molecule has 0 aromatic heterocycles. The lowest BCUT2D eigenvalue weighted by atomic mass is 9.95. The Hall–Kier alpha value is -1.62. The molecular formula is C13H17ClN2O3. The van der Waals surface area contributed by atoms with Crippen molar-refractivity contribution in [3.05, 3.63) is 33.4 Å². The van der Waals surface area contributed by atoms with Gasteiger partial charge in [0.15, 0.2) is 0 Å². The third-order valence-corrected chi connectivity index (χ3v) is 3.60. The number of carbonyl (C=O) groups is 1. The number of carbonyl (C=O) groups excluding carboxylic acids is 1. The molecule has 0 atom stereocenters. The van der Waals surface area contributed by atoms with Crippen molar-refractivity contribution in [3.8, 4) is 0 Å². The molecule has 0 heterocycles. The molecule has 0 aliphatic heterocycles. The van der Waals surface area contributed by atoms with Crippen LogP contribution in [0.25, 0.3) is 0 Å². The number of nitrogens with zero attached hydrogens (tertiary/aromatic N) is 1. The van der Waals surface area contributed by atoms with Crippen molar-refractivity contribution in [2.24, 2.45) is 5.41 Å². The van der Waals surface area contributed by atoms with Gasteiger partial charge in [-0.3, -0.25) is 14.9 Å². The van der Waals surface area contributed by atoms with Gasteiger partial charge in [-0.15, -0.1) is 11.6 Å². The van der Waals surface area contributed by atoms with Gasteiger partial charge in [0.25, 0.3) is 5.69 Å². The van der Waals surface area contributed by atoms with E-state index in [2.05, 4.69) is 5.32 Å². The molecule has 0 unspecified atom stereocenters. The zero-order valence-corrected chi connectivity index (χ0v) is 12.2. The summed E-state index contributed by atoms with van der Waals surface area (Å²) in [4.78, 5) is 22.5. The predicted octanol–water partition coefficient (Wildman–Crippen LogP) is 3.42. The van der Waals surface area contributed by atoms with Crippen molar-refractivity contribution in [1.82, 2.24) is 0 Å². The number of nitrogens with one attached hydrogen (secondary N) is 1. The van der Waals surface area contributed by atoms with Crippen LogP contribution in [0.5, 0.6) is 0 Å². The highest BCUT2D eigenvalue weighted by Crippen LogP contribution is 2.28. The van der Waals surface area contributed by atoms with Crippen molar-refractivity contribution in [1.29, 1.82) is 0 Å². The molecule has 0 saturated heterocycles. The van der Waals surface area contributed by atoms with E-state index in [1.807, 2.05) is 0 Å². The predicted molar refractivity (Wildman–Crippen MR) is 75.7 cm³/mol. The Balaban J connectivity index is 3.12. The maximum Gasteiger partial charge on any atom is 0.274 e. The number of alkyl halides is 1. The SMILES string of the molecule is Cc1cc(C)c([N+](=O)[O-])cc1NC(=O)C(C)(C)CCl. The van der Waals surface area contributed by atoms with Gasteiger partial charge in [-0.1, -0.05) is 0 Å². The number of halogens is 1. The largest absolute Gasteiger partial charge is 0.325 e. The number of nitro benzene ring substituents is 1. The number of nitro groups is 1. The van der Waals surface area contributed by atoms with E-state index in [4.69, 9.17) is 11.6 Å². The summed E-state index contributed by atoms with van der Waals surface area (Å²) in [6.45, 7) is 6.89. The van der Waals surface area contributed by atoms with Crippen molar-refractivity contribution in [2.75, 3.05) is 11.2 Å². The average Bonchev–Trinajstić information content (AvgIpc) is 2.31. The molecule has 0 aliphatic carbocycles. The molecule has 6 heteroatoms. The third kappa shape index (κ3) is 3.44. The minimum absolute atomic E-state index is 0.00965. The lowest BCUT2D eigenvalue weighted by Gasteiger charge is -2.21. The van der Waals surface area contributed by atoms with Gasteiger partial charge in [-0.2, -0.15) is 0 Å². The topological polar surface area (TPSA) is 72.2 Å². The van der Waals surface area contributed by atoms with Crippen LogP contribution in [0.2, 0.25) is 0 Å². The van der Waals surface area contributed by atoms with Gasteiger partial charge in [0, 0.05) is 17.5 Å². The molecule has 5 nitrogen and oxygen atoms in total. The normalized spacial score (nSPS) is 11.2. The van der Waals surface area contributed by atoms with Crippen molar-refractivity contribution < 1.29 is 9.72 Å². The first-order chi connectivity index (χ1) is 8.69. The van der Waals surface area contributed by atoms with Gasteiger partial charge in [0.05, 0.1) is 16.0 Å². The first kappa shape index (κ1) is 15.4. The highest BCUT2D eigenvalue weighted by molar-refractivity contribution is 6.20. The van der Waals surface area contributed by atoms with E-state index in [9.17, 15) is 14.9 Å². The molecule has 0 bridgehead atoms. The third-order valence-electron chi connectivity index (χ3n) is 2.94. The number of amides is 1. The molecule has 0 aliphatic rings. The molecule has 1 aromatic carbocycles. The summed E-state index contributed by atoms with van der Waals surface area (Å²) in [6, 6.07) is 3.06. The fraction of sp³-hybridized carbons (Fsp3) is 0.462. The van der Waals surface area contributed by atoms with Gasteiger partial charge >= 0.3 is 0 Å². The molecule has 1 rings (SSSR count). The number of anilines is 1. The van der Waals surface area contributed by atoms with Crippen LogP contribution in [0.1, 0.15) is 25.0 Å². The number of benzene rings is 1. The second-order valence-electron chi connectivity index (χ2n) is 5.18. The van der Waals surface area contributed by atoms with Crippen LogP contribution < -0.4 is 5.32 Å². The minimum Gasteiger partial charge on any atom is -0.325 e. The van der Waals surface area contributed by atoms with Crippen LogP contribution in [0.15, 0.2) is 12.1 Å². The molecule has 1 aromatic rings. The maximum absolute atomic E-state index is 12.0. The quantitative estimate of drug-likeness (QED) is 0.523. The van der Waals surface area contributed by atoms with Crippen molar-refractivity contribution in [2.45, 2.75) is 27.7 Å². The van der Waals surface area contributed by atoms with Crippen molar-refractivity contribution in [3.63, 3.8) is 0 Å². The summed E-state index contributed by atoms with van der Waals surface area (Å²) < 4.78 is 0. The van der Waals surface area contributed by atoms with Gasteiger partial charge in [-0.05, 0) is 39.3 Å². The maximum atomic E-state index is 12.0. The second kappa shape index (κ2) is 5.57. The zero-order chi connectivity index (χ0) is 14.8. The van der Waals surface area contributed by atoms with E-state index in [1.54, 1.807) is 33.8 Å². The van der Waals surface area contributed by atoms with Gasteiger partial charge in [-0.25, -0.2) is 0 Å². The van der Waals surface area contributed by atoms with Crippen LogP contribution in [0.4, 0.5) is 11.4 Å². The van der Waals surface area contributed by atoms with E-state index in [0.29, 0.717) is 11.3 Å². The fourth-order valence-electron chi connectivity index (χ4n) is 1.52. The fourth-order valence-corrected chi connectivity index (χ4v) is 1.65. The molecule has 1 N–H and O–H groups in total. The average molecular weight is 285 g/mol. The summed E-state index contributed by atoms with van der Waals surface area (Å²) in [5, 5.41) is 13.6. The summed E-state index contributed by atoms with van der Waals surface area (Å²) in [7, 11) is 0. The van der Waals surface area contributed by atoms with E-state index < -0.39 is 10.3 Å². The number of rotatable bonds is 4. The van der Waals surface area contributed by atoms with Crippen LogP contribution in [0.3, 0.4) is 0 Å². The van der Waals surface area contributed by atoms with Crippen molar-refractivity contribution >= 4 is 28.9 Å². The monoisotopic (exact) mass is 284 g/mol. The molecule has 0 spiro atoms. The Morgan fingerprint density at radius 3 is 2.42 bits per heavy atom. The van der Waals surface area contributed by atoms with E-state index >= 15 is 0 Å². The summed E-state index contributed by atoms with van der Waals surface area (Å²) in [6.07, 6.45) is 0. The van der Waals surface area contributed by atoms with E-state index in [-0.39, 0.29) is 17.5 Å². The molecular weight excluding hydrogens is 268 g/mol. The van der Waals surface area contributed by atoms with E-state index in [1.165, 1.54) is 6.07 Å². The lowest BCUT2D eigenvalue weighted by molar-refractivity contribution is -0.385. The Kier molecular flexibility index (Phi) is 4.52. The van der Waals surface area contributed by atoms with Gasteiger partial charge in [0.2, 0.25) is 5.91 Å². The highest BCUT2D eigenvalue weighted by Gasteiger charge is 2.27. The van der Waals surface area contributed by atoms with Crippen LogP contribution in [-0.2, 0) is 4.79 Å². The molecule has 19 heavy (non-hydrogen) atoms. The Labute approximate surface area is 117 Å². The Bertz CT molecular complexity index is 527. The molecule has 0 fully saturated rings. The zero-order valence-electron chi connectivity index (χ0n) is 11.4. The number of aryl methyl sites for hydroxylation is 2. The molecule has 0 saturated carbocycles. The lowest BCUT2D eigenvalue weighted by Crippen LogP contribution is -2.32. The summed E-state index contributed by atoms with van der Waals surface area (Å²) in [5.41, 5.74) is 1.05. The summed E-state index contributed by atoms with van der Waals surface area (Å²) >= 11 is 5.73. The van der Waals surface area contributed by atoms with Crippen LogP contribution >= 0.6 is 11.6 Å². The van der Waals surface area contributed by atoms with Crippen LogP contribution in [-0.4, -0.2) is 16.7 Å². The van der Waals surface area contributed by atoms with Gasteiger partial charge in [0.1, 0.15) is 0 Å². The number of hydrogen-bond acceptors (Lipinski definition) is 3. The molecule has 0 radical (unpaired) electrons. The summed E-state index contributed by atoms with van der Waals surface area (Å²) in [5.74, 6) is -0.0880. The first-order valence-electron chi connectivity index (χ1n) is 5.82. The van der Waals surface area contributed by atoms with Crippen LogP contribution in [0, 0.1) is 29.4 Å². The Morgan fingerprint density at radius 1 is 1.37 bits per heavy atom. The standard InChI is InChI=1S/C13H17ClN2O3/c1-8-5-9(2)11(16(18)19)6-10(8)15-12(17)13(3,4)7-14/h5-6H,7H2,1-4H3,(H,15,17). The highest BCUT2D eigenvalue weighted by atomic mass is 35.5. The van der Waals surface area contributed by atoms with Gasteiger partial charge < -0.3 is 5.32 Å². The first-order valence-corrected chi connectivity index (χ1v) is 6.35. The smallest absolute Gasteiger partial charge is 0.274 e. The molecule has 104 valence electrons. The number of hydrogen-bond donors (Lipinski definition) is 1. The minimum atomic E-state index is -0.729. The van der Waals surface area contributed by atoms with E-state index in [0.717, 1.165) is 5.56 Å².